The molecule has 0 bridgehead atoms. The van der Waals surface area contributed by atoms with Crippen molar-refractivity contribution in [2.24, 2.45) is 5.14 Å². The van der Waals surface area contributed by atoms with Gasteiger partial charge in [0.2, 0.25) is 0 Å². The zero-order valence-corrected chi connectivity index (χ0v) is 9.65. The van der Waals surface area contributed by atoms with E-state index in [1.807, 2.05) is 30.3 Å². The Labute approximate surface area is 95.5 Å². The highest BCUT2D eigenvalue weighted by Crippen LogP contribution is 2.18. The number of nitrogens with two attached hydrogens (primary N) is 1. The van der Waals surface area contributed by atoms with Crippen LogP contribution in [0, 0.1) is 0 Å². The van der Waals surface area contributed by atoms with Gasteiger partial charge in [-0.1, -0.05) is 30.3 Å². The summed E-state index contributed by atoms with van der Waals surface area (Å²) >= 11 is 0. The second-order valence-electron chi connectivity index (χ2n) is 3.51. The average molecular weight is 244 g/mol. The Morgan fingerprint density at radius 2 is 1.94 bits per heavy atom. The number of aliphatic hydroxyl groups is 1. The second kappa shape index (κ2) is 5.95. The fourth-order valence-electron chi connectivity index (χ4n) is 1.48. The van der Waals surface area contributed by atoms with Gasteiger partial charge in [-0.05, 0) is 17.9 Å². The van der Waals surface area contributed by atoms with Crippen LogP contribution in [0.5, 0.6) is 0 Å². The maximum absolute atomic E-state index is 10.8. The van der Waals surface area contributed by atoms with Crippen LogP contribution < -0.4 is 9.86 Å². The van der Waals surface area contributed by atoms with Crippen LogP contribution in [-0.2, 0) is 10.2 Å². The first-order chi connectivity index (χ1) is 7.53. The molecule has 1 aromatic carbocycles. The molecule has 0 heterocycles. The Hall–Kier alpha value is -0.950. The number of rotatable bonds is 6. The third kappa shape index (κ3) is 4.71. The van der Waals surface area contributed by atoms with Crippen molar-refractivity contribution in [2.45, 2.75) is 12.3 Å². The van der Waals surface area contributed by atoms with Gasteiger partial charge in [-0.15, -0.1) is 0 Å². The Morgan fingerprint density at radius 1 is 1.31 bits per heavy atom. The van der Waals surface area contributed by atoms with Crippen molar-refractivity contribution in [1.29, 1.82) is 0 Å². The van der Waals surface area contributed by atoms with Gasteiger partial charge in [0, 0.05) is 13.2 Å². The normalized spacial score (nSPS) is 13.6. The molecule has 1 rings (SSSR count). The van der Waals surface area contributed by atoms with Crippen molar-refractivity contribution >= 4 is 10.2 Å². The van der Waals surface area contributed by atoms with Crippen molar-refractivity contribution in [3.63, 3.8) is 0 Å². The first-order valence-electron chi connectivity index (χ1n) is 4.96. The van der Waals surface area contributed by atoms with Crippen LogP contribution in [0.4, 0.5) is 0 Å². The van der Waals surface area contributed by atoms with Gasteiger partial charge in [0.05, 0.1) is 0 Å². The first kappa shape index (κ1) is 13.1. The number of nitrogens with one attached hydrogen (secondary N) is 1. The van der Waals surface area contributed by atoms with Crippen LogP contribution in [0.15, 0.2) is 30.3 Å². The summed E-state index contributed by atoms with van der Waals surface area (Å²) in [7, 11) is -3.68. The molecule has 4 N–H and O–H groups in total. The summed E-state index contributed by atoms with van der Waals surface area (Å²) in [6.45, 7) is 0.204. The molecule has 5 nitrogen and oxygen atoms in total. The summed E-state index contributed by atoms with van der Waals surface area (Å²) in [5, 5.41) is 13.8. The van der Waals surface area contributed by atoms with Gasteiger partial charge in [-0.3, -0.25) is 0 Å². The summed E-state index contributed by atoms with van der Waals surface area (Å²) in [5.41, 5.74) is 0.979. The van der Waals surface area contributed by atoms with Crippen LogP contribution in [0.2, 0.25) is 0 Å². The third-order valence-electron chi connectivity index (χ3n) is 2.28. The number of hydrogen-bond acceptors (Lipinski definition) is 3. The molecule has 1 atom stereocenters. The smallest absolute Gasteiger partial charge is 0.274 e. The van der Waals surface area contributed by atoms with Crippen LogP contribution in [0.3, 0.4) is 0 Å². The first-order valence-corrected chi connectivity index (χ1v) is 6.51. The molecule has 0 aliphatic rings. The molecule has 1 unspecified atom stereocenters. The number of hydrogen-bond donors (Lipinski definition) is 3. The lowest BCUT2D eigenvalue weighted by atomic mass is 9.96. The molecule has 6 heteroatoms. The lowest BCUT2D eigenvalue weighted by Gasteiger charge is -2.16. The number of aliphatic hydroxyl groups excluding tert-OH is 1. The Kier molecular flexibility index (Phi) is 4.88. The largest absolute Gasteiger partial charge is 0.396 e. The third-order valence-corrected chi connectivity index (χ3v) is 2.85. The standard InChI is InChI=1S/C10H16N2O3S/c11-16(14,15)12-8-10(6-7-13)9-4-2-1-3-5-9/h1-5,10,12-13H,6-8H2,(H2,11,14,15). The van der Waals surface area contributed by atoms with Crippen molar-refractivity contribution in [3.8, 4) is 0 Å². The van der Waals surface area contributed by atoms with E-state index < -0.39 is 10.2 Å². The van der Waals surface area contributed by atoms with Gasteiger partial charge in [0.25, 0.3) is 10.2 Å². The van der Waals surface area contributed by atoms with E-state index in [0.29, 0.717) is 6.42 Å². The minimum Gasteiger partial charge on any atom is -0.396 e. The minimum absolute atomic E-state index is 0.00581. The molecule has 0 aliphatic heterocycles. The highest BCUT2D eigenvalue weighted by atomic mass is 32.2. The molecule has 0 aromatic heterocycles. The molecule has 0 saturated heterocycles. The van der Waals surface area contributed by atoms with Crippen LogP contribution in [0.1, 0.15) is 17.9 Å². The van der Waals surface area contributed by atoms with E-state index in [0.717, 1.165) is 5.56 Å². The van der Waals surface area contributed by atoms with E-state index in [2.05, 4.69) is 4.72 Å². The molecular formula is C10H16N2O3S. The highest BCUT2D eigenvalue weighted by molar-refractivity contribution is 7.87. The minimum atomic E-state index is -3.68. The molecule has 90 valence electrons. The van der Waals surface area contributed by atoms with Gasteiger partial charge in [0.15, 0.2) is 0 Å². The van der Waals surface area contributed by atoms with Crippen LogP contribution >= 0.6 is 0 Å². The Bertz CT molecular complexity index is 405. The van der Waals surface area contributed by atoms with Gasteiger partial charge < -0.3 is 5.11 Å². The summed E-state index contributed by atoms with van der Waals surface area (Å²) in [4.78, 5) is 0. The van der Waals surface area contributed by atoms with E-state index in [1.165, 1.54) is 0 Å². The molecule has 0 fully saturated rings. The average Bonchev–Trinajstić information content (AvgIpc) is 2.24. The van der Waals surface area contributed by atoms with E-state index in [1.54, 1.807) is 0 Å². The quantitative estimate of drug-likeness (QED) is 0.655. The topological polar surface area (TPSA) is 92.4 Å². The predicted molar refractivity (Wildman–Crippen MR) is 62.0 cm³/mol. The van der Waals surface area contributed by atoms with Crippen molar-refractivity contribution < 1.29 is 13.5 Å². The number of benzene rings is 1. The zero-order valence-electron chi connectivity index (χ0n) is 8.83. The maximum atomic E-state index is 10.8. The van der Waals surface area contributed by atoms with Gasteiger partial charge in [-0.2, -0.15) is 8.42 Å². The van der Waals surface area contributed by atoms with Gasteiger partial charge in [0.1, 0.15) is 0 Å². The van der Waals surface area contributed by atoms with Crippen molar-refractivity contribution in [2.75, 3.05) is 13.2 Å². The van der Waals surface area contributed by atoms with Crippen molar-refractivity contribution in [1.82, 2.24) is 4.72 Å². The van der Waals surface area contributed by atoms with E-state index in [9.17, 15) is 8.42 Å². The molecule has 0 amide bonds. The summed E-state index contributed by atoms with van der Waals surface area (Å²) in [6.07, 6.45) is 0.493. The molecule has 1 aromatic rings. The fourth-order valence-corrected chi connectivity index (χ4v) is 1.92. The second-order valence-corrected chi connectivity index (χ2v) is 4.89. The zero-order chi connectivity index (χ0) is 12.0. The summed E-state index contributed by atoms with van der Waals surface area (Å²) < 4.78 is 23.8. The monoisotopic (exact) mass is 244 g/mol. The maximum Gasteiger partial charge on any atom is 0.274 e. The molecule has 16 heavy (non-hydrogen) atoms. The van der Waals surface area contributed by atoms with Gasteiger partial charge in [-0.25, -0.2) is 9.86 Å². The fraction of sp³-hybridized carbons (Fsp3) is 0.400. The molecule has 0 aliphatic carbocycles. The van der Waals surface area contributed by atoms with E-state index >= 15 is 0 Å². The van der Waals surface area contributed by atoms with E-state index in [4.69, 9.17) is 10.2 Å². The van der Waals surface area contributed by atoms with E-state index in [-0.39, 0.29) is 19.1 Å². The summed E-state index contributed by atoms with van der Waals surface area (Å²) in [5.74, 6) is -0.0653. The Balaban J connectivity index is 2.69. The Morgan fingerprint density at radius 3 is 2.44 bits per heavy atom. The lowest BCUT2D eigenvalue weighted by molar-refractivity contribution is 0.275. The molecule has 0 spiro atoms. The molecular weight excluding hydrogens is 228 g/mol. The molecule has 0 radical (unpaired) electrons. The highest BCUT2D eigenvalue weighted by Gasteiger charge is 2.12. The van der Waals surface area contributed by atoms with Crippen LogP contribution in [0.25, 0.3) is 0 Å². The SMILES string of the molecule is NS(=O)(=O)NCC(CCO)c1ccccc1. The van der Waals surface area contributed by atoms with Gasteiger partial charge >= 0.3 is 0 Å². The lowest BCUT2D eigenvalue weighted by Crippen LogP contribution is -2.34. The summed E-state index contributed by atoms with van der Waals surface area (Å²) in [6, 6.07) is 9.41. The predicted octanol–water partition coefficient (Wildman–Crippen LogP) is -0.0543. The van der Waals surface area contributed by atoms with Crippen LogP contribution in [-0.4, -0.2) is 26.7 Å². The van der Waals surface area contributed by atoms with Crippen molar-refractivity contribution in [3.05, 3.63) is 35.9 Å². The molecule has 0 saturated carbocycles.